The van der Waals surface area contributed by atoms with Crippen LogP contribution in [0.2, 0.25) is 0 Å². The van der Waals surface area contributed by atoms with Gasteiger partial charge in [-0.05, 0) is 12.8 Å². The average Bonchev–Trinajstić information content (AvgIpc) is 2.13. The summed E-state index contributed by atoms with van der Waals surface area (Å²) in [7, 11) is -2.93. The second-order valence-electron chi connectivity index (χ2n) is 3.13. The smallest absolute Gasteiger partial charge is 0.150 e. The monoisotopic (exact) mass is 188 g/mol. The van der Waals surface area contributed by atoms with Gasteiger partial charge in [-0.25, -0.2) is 8.42 Å². The standard InChI is InChI=1S/C7H12N2O2S/c8-5-6-1-3-12(10,11)4-2-7(6)9/h6-7H,1-4,9H2. The van der Waals surface area contributed by atoms with E-state index in [0.717, 1.165) is 0 Å². The van der Waals surface area contributed by atoms with Crippen LogP contribution in [0.3, 0.4) is 0 Å². The minimum atomic E-state index is -2.93. The van der Waals surface area contributed by atoms with Gasteiger partial charge in [0.15, 0.2) is 0 Å². The third kappa shape index (κ3) is 2.19. The summed E-state index contributed by atoms with van der Waals surface area (Å²) in [5.74, 6) is -0.0482. The average molecular weight is 188 g/mol. The van der Waals surface area contributed by atoms with Crippen LogP contribution in [-0.4, -0.2) is 26.0 Å². The van der Waals surface area contributed by atoms with E-state index in [-0.39, 0.29) is 23.5 Å². The topological polar surface area (TPSA) is 84.0 Å². The molecule has 0 saturated carbocycles. The molecule has 0 amide bonds. The van der Waals surface area contributed by atoms with Crippen LogP contribution in [0.15, 0.2) is 0 Å². The quantitative estimate of drug-likeness (QED) is 0.563. The van der Waals surface area contributed by atoms with Gasteiger partial charge in [0.25, 0.3) is 0 Å². The van der Waals surface area contributed by atoms with Gasteiger partial charge in [-0.2, -0.15) is 5.26 Å². The molecule has 0 aromatic heterocycles. The first-order valence-electron chi connectivity index (χ1n) is 3.91. The molecule has 1 aliphatic heterocycles. The maximum absolute atomic E-state index is 11.1. The maximum Gasteiger partial charge on any atom is 0.150 e. The summed E-state index contributed by atoms with van der Waals surface area (Å²) in [6.07, 6.45) is 0.806. The Bertz CT molecular complexity index is 291. The zero-order valence-electron chi connectivity index (χ0n) is 6.73. The molecule has 0 aromatic rings. The summed E-state index contributed by atoms with van der Waals surface area (Å²) in [5.41, 5.74) is 5.62. The third-order valence-electron chi connectivity index (χ3n) is 2.18. The fourth-order valence-corrected chi connectivity index (χ4v) is 2.75. The molecule has 0 aromatic carbocycles. The van der Waals surface area contributed by atoms with Gasteiger partial charge in [0.2, 0.25) is 0 Å². The van der Waals surface area contributed by atoms with E-state index in [0.29, 0.717) is 12.8 Å². The molecule has 0 spiro atoms. The molecule has 1 rings (SSSR count). The molecule has 0 bridgehead atoms. The Balaban J connectivity index is 2.73. The van der Waals surface area contributed by atoms with Crippen LogP contribution in [0, 0.1) is 17.2 Å². The first kappa shape index (κ1) is 9.49. The molecular formula is C7H12N2O2S. The fraction of sp³-hybridized carbons (Fsp3) is 0.857. The molecule has 12 heavy (non-hydrogen) atoms. The van der Waals surface area contributed by atoms with Crippen molar-refractivity contribution in [3.05, 3.63) is 0 Å². The first-order chi connectivity index (χ1) is 5.55. The Kier molecular flexibility index (Phi) is 2.70. The van der Waals surface area contributed by atoms with E-state index in [1.165, 1.54) is 0 Å². The number of rotatable bonds is 0. The molecule has 5 heteroatoms. The number of hydrogen-bond donors (Lipinski definition) is 1. The van der Waals surface area contributed by atoms with Gasteiger partial charge in [-0.3, -0.25) is 0 Å². The molecule has 2 N–H and O–H groups in total. The van der Waals surface area contributed by atoms with E-state index >= 15 is 0 Å². The van der Waals surface area contributed by atoms with Gasteiger partial charge in [0, 0.05) is 6.04 Å². The number of nitrogens with zero attached hydrogens (tertiary/aromatic N) is 1. The highest BCUT2D eigenvalue weighted by Gasteiger charge is 2.26. The summed E-state index contributed by atoms with van der Waals surface area (Å²) in [6.45, 7) is 0. The second kappa shape index (κ2) is 3.42. The van der Waals surface area contributed by atoms with Crippen LogP contribution in [0.1, 0.15) is 12.8 Å². The third-order valence-corrected chi connectivity index (χ3v) is 3.90. The van der Waals surface area contributed by atoms with Crippen LogP contribution >= 0.6 is 0 Å². The van der Waals surface area contributed by atoms with Gasteiger partial charge in [-0.15, -0.1) is 0 Å². The molecule has 2 atom stereocenters. The van der Waals surface area contributed by atoms with Gasteiger partial charge in [-0.1, -0.05) is 0 Å². The summed E-state index contributed by atoms with van der Waals surface area (Å²) in [5, 5.41) is 8.63. The molecule has 0 aliphatic carbocycles. The van der Waals surface area contributed by atoms with Gasteiger partial charge in [0.05, 0.1) is 23.5 Å². The summed E-state index contributed by atoms with van der Waals surface area (Å²) >= 11 is 0. The highest BCUT2D eigenvalue weighted by Crippen LogP contribution is 2.16. The van der Waals surface area contributed by atoms with E-state index < -0.39 is 9.84 Å². The second-order valence-corrected chi connectivity index (χ2v) is 5.43. The van der Waals surface area contributed by atoms with E-state index in [4.69, 9.17) is 11.0 Å². The molecule has 1 fully saturated rings. The van der Waals surface area contributed by atoms with Crippen molar-refractivity contribution in [3.63, 3.8) is 0 Å². The summed E-state index contributed by atoms with van der Waals surface area (Å²) in [4.78, 5) is 0. The Labute approximate surface area is 72.3 Å². The van der Waals surface area contributed by atoms with Crippen LogP contribution in [0.4, 0.5) is 0 Å². The van der Waals surface area contributed by atoms with Gasteiger partial charge >= 0.3 is 0 Å². The lowest BCUT2D eigenvalue weighted by Gasteiger charge is -2.11. The van der Waals surface area contributed by atoms with Crippen LogP contribution in [0.25, 0.3) is 0 Å². The Morgan fingerprint density at radius 3 is 2.50 bits per heavy atom. The molecule has 1 aliphatic rings. The van der Waals surface area contributed by atoms with Crippen LogP contribution in [0.5, 0.6) is 0 Å². The number of hydrogen-bond acceptors (Lipinski definition) is 4. The summed E-state index contributed by atoms with van der Waals surface area (Å²) in [6, 6.07) is 1.77. The van der Waals surface area contributed by atoms with Crippen molar-refractivity contribution >= 4 is 9.84 Å². The largest absolute Gasteiger partial charge is 0.326 e. The zero-order chi connectivity index (χ0) is 9.19. The molecule has 0 radical (unpaired) electrons. The predicted molar refractivity (Wildman–Crippen MR) is 45.0 cm³/mol. The van der Waals surface area contributed by atoms with Crippen molar-refractivity contribution in [2.24, 2.45) is 11.7 Å². The molecule has 4 nitrogen and oxygen atoms in total. The van der Waals surface area contributed by atoms with Crippen molar-refractivity contribution in [3.8, 4) is 6.07 Å². The Morgan fingerprint density at radius 1 is 1.33 bits per heavy atom. The number of sulfone groups is 1. The maximum atomic E-state index is 11.1. The van der Waals surface area contributed by atoms with Crippen molar-refractivity contribution in [2.75, 3.05) is 11.5 Å². The van der Waals surface area contributed by atoms with E-state index in [1.807, 2.05) is 6.07 Å². The van der Waals surface area contributed by atoms with E-state index in [9.17, 15) is 8.42 Å². The van der Waals surface area contributed by atoms with Gasteiger partial charge < -0.3 is 5.73 Å². The zero-order valence-corrected chi connectivity index (χ0v) is 7.55. The van der Waals surface area contributed by atoms with E-state index in [1.54, 1.807) is 0 Å². The number of nitrogens with two attached hydrogens (primary N) is 1. The molecular weight excluding hydrogens is 176 g/mol. The first-order valence-corrected chi connectivity index (χ1v) is 5.73. The van der Waals surface area contributed by atoms with Crippen LogP contribution < -0.4 is 5.73 Å². The lowest BCUT2D eigenvalue weighted by Crippen LogP contribution is -2.28. The minimum Gasteiger partial charge on any atom is -0.326 e. The van der Waals surface area contributed by atoms with Gasteiger partial charge in [0.1, 0.15) is 9.84 Å². The number of nitriles is 1. The minimum absolute atomic E-state index is 0.110. The molecule has 1 saturated heterocycles. The lowest BCUT2D eigenvalue weighted by molar-refractivity contribution is 0.499. The van der Waals surface area contributed by atoms with Crippen molar-refractivity contribution in [1.82, 2.24) is 0 Å². The van der Waals surface area contributed by atoms with Crippen molar-refractivity contribution < 1.29 is 8.42 Å². The van der Waals surface area contributed by atoms with Crippen molar-refractivity contribution in [2.45, 2.75) is 18.9 Å². The normalized spacial score (nSPS) is 35.0. The fourth-order valence-electron chi connectivity index (χ4n) is 1.30. The SMILES string of the molecule is N#CC1CCS(=O)(=O)CCC1N. The lowest BCUT2D eigenvalue weighted by atomic mass is 9.98. The highest BCUT2D eigenvalue weighted by molar-refractivity contribution is 7.91. The molecule has 1 heterocycles. The molecule has 68 valence electrons. The predicted octanol–water partition coefficient (Wildman–Crippen LogP) is -0.338. The Morgan fingerprint density at radius 2 is 1.92 bits per heavy atom. The van der Waals surface area contributed by atoms with Crippen LogP contribution in [-0.2, 0) is 9.84 Å². The highest BCUT2D eigenvalue weighted by atomic mass is 32.2. The van der Waals surface area contributed by atoms with E-state index in [2.05, 4.69) is 0 Å². The molecule has 2 unspecified atom stereocenters. The summed E-state index contributed by atoms with van der Waals surface area (Å²) < 4.78 is 22.2. The van der Waals surface area contributed by atoms with Crippen molar-refractivity contribution in [1.29, 1.82) is 5.26 Å². The Hall–Kier alpha value is -0.600.